The summed E-state index contributed by atoms with van der Waals surface area (Å²) in [5, 5.41) is 0. The van der Waals surface area contributed by atoms with Gasteiger partial charge >= 0.3 is 0 Å². The van der Waals surface area contributed by atoms with Gasteiger partial charge in [-0.2, -0.15) is 0 Å². The van der Waals surface area contributed by atoms with Gasteiger partial charge in [0.05, 0.1) is 0 Å². The van der Waals surface area contributed by atoms with Crippen molar-refractivity contribution in [2.45, 2.75) is 32.1 Å². The number of hydrogen-bond acceptors (Lipinski definition) is 0. The molecule has 0 radical (unpaired) electrons. The molecule has 0 N–H and O–H groups in total. The van der Waals surface area contributed by atoms with Gasteiger partial charge in [-0.05, 0) is 49.2 Å². The summed E-state index contributed by atoms with van der Waals surface area (Å²) in [4.78, 5) is 0. The molecule has 0 amide bonds. The molecule has 0 aliphatic heterocycles. The topological polar surface area (TPSA) is 0 Å². The van der Waals surface area contributed by atoms with Crippen LogP contribution < -0.4 is 0 Å². The Hall–Kier alpha value is -1.96. The van der Waals surface area contributed by atoms with E-state index in [1.807, 2.05) is 54.6 Å². The van der Waals surface area contributed by atoms with Crippen LogP contribution in [0.5, 0.6) is 0 Å². The summed E-state index contributed by atoms with van der Waals surface area (Å²) in [6, 6.07) is 18.3. The third-order valence-electron chi connectivity index (χ3n) is 3.19. The largest absolute Gasteiger partial charge is 0.0979 e. The molecule has 0 aliphatic carbocycles. The van der Waals surface area contributed by atoms with Crippen molar-refractivity contribution in [1.82, 2.24) is 0 Å². The number of rotatable bonds is 4. The minimum atomic E-state index is 0.960. The predicted molar refractivity (Wildman–Crippen MR) is 97.4 cm³/mol. The molecular formula is C21H19Br. The Morgan fingerprint density at radius 1 is 0.636 bits per heavy atom. The van der Waals surface area contributed by atoms with Crippen molar-refractivity contribution in [3.63, 3.8) is 0 Å². The highest BCUT2D eigenvalue weighted by atomic mass is 79.9. The lowest BCUT2D eigenvalue weighted by molar-refractivity contribution is 0.709. The molecule has 0 saturated heterocycles. The maximum atomic E-state index is 3.42. The summed E-state index contributed by atoms with van der Waals surface area (Å²) in [5.74, 6) is 12.9. The predicted octanol–water partition coefficient (Wildman–Crippen LogP) is 5.80. The normalized spacial score (nSPS) is 9.32. The molecule has 0 bridgehead atoms. The third-order valence-corrected chi connectivity index (χ3v) is 3.72. The molecule has 0 aromatic heterocycles. The van der Waals surface area contributed by atoms with Gasteiger partial charge in [-0.3, -0.25) is 0 Å². The molecule has 0 saturated carbocycles. The quantitative estimate of drug-likeness (QED) is 0.482. The first-order valence-electron chi connectivity index (χ1n) is 7.63. The van der Waals surface area contributed by atoms with Crippen LogP contribution in [0.2, 0.25) is 0 Å². The Morgan fingerprint density at radius 3 is 1.77 bits per heavy atom. The van der Waals surface area contributed by atoms with Gasteiger partial charge in [0.15, 0.2) is 0 Å². The van der Waals surface area contributed by atoms with Crippen molar-refractivity contribution in [1.29, 1.82) is 0 Å². The van der Waals surface area contributed by atoms with Gasteiger partial charge < -0.3 is 0 Å². The highest BCUT2D eigenvalue weighted by Gasteiger charge is 1.88. The molecule has 0 unspecified atom stereocenters. The smallest absolute Gasteiger partial charge is 0.0246 e. The fraction of sp³-hybridized carbons (Fsp3) is 0.238. The monoisotopic (exact) mass is 350 g/mol. The second-order valence-electron chi connectivity index (χ2n) is 5.04. The molecule has 1 heteroatoms. The van der Waals surface area contributed by atoms with Crippen molar-refractivity contribution in [2.24, 2.45) is 0 Å². The van der Waals surface area contributed by atoms with E-state index in [1.165, 1.54) is 6.42 Å². The van der Waals surface area contributed by atoms with Gasteiger partial charge in [0.2, 0.25) is 0 Å². The molecule has 0 atom stereocenters. The maximum Gasteiger partial charge on any atom is 0.0246 e. The van der Waals surface area contributed by atoms with Crippen LogP contribution in [0.15, 0.2) is 59.1 Å². The van der Waals surface area contributed by atoms with Gasteiger partial charge in [0.1, 0.15) is 0 Å². The van der Waals surface area contributed by atoms with Crippen molar-refractivity contribution in [2.75, 3.05) is 0 Å². The average molecular weight is 351 g/mol. The first kappa shape index (κ1) is 16.4. The summed E-state index contributed by atoms with van der Waals surface area (Å²) in [7, 11) is 0. The lowest BCUT2D eigenvalue weighted by Crippen LogP contribution is -1.77. The number of unbranched alkanes of at least 4 members (excludes halogenated alkanes) is 4. The molecule has 0 nitrogen and oxygen atoms in total. The SMILES string of the molecule is Brc1ccc(C#CCCCCCC#Cc2ccccc2)cc1. The Bertz CT molecular complexity index is 676. The number of benzene rings is 2. The van der Waals surface area contributed by atoms with E-state index in [9.17, 15) is 0 Å². The zero-order valence-corrected chi connectivity index (χ0v) is 14.2. The first-order chi connectivity index (χ1) is 10.8. The van der Waals surface area contributed by atoms with E-state index in [-0.39, 0.29) is 0 Å². The Labute approximate surface area is 142 Å². The van der Waals surface area contributed by atoms with Crippen LogP contribution in [0.25, 0.3) is 0 Å². The molecule has 0 spiro atoms. The molecule has 0 aliphatic rings. The van der Waals surface area contributed by atoms with Crippen LogP contribution in [-0.4, -0.2) is 0 Å². The second-order valence-corrected chi connectivity index (χ2v) is 5.95. The van der Waals surface area contributed by atoms with Crippen LogP contribution in [0.3, 0.4) is 0 Å². The Kier molecular flexibility index (Phi) is 7.37. The standard InChI is InChI=1S/C21H19Br/c22-21-17-15-20(16-18-21)14-8-5-3-1-2-4-7-11-19-12-9-6-10-13-19/h6,9-10,12-13,15-18H,1-5H2. The molecule has 2 rings (SSSR count). The minimum Gasteiger partial charge on any atom is -0.0979 e. The van der Waals surface area contributed by atoms with Crippen LogP contribution in [0.1, 0.15) is 43.2 Å². The van der Waals surface area contributed by atoms with Crippen LogP contribution in [0.4, 0.5) is 0 Å². The summed E-state index contributed by atoms with van der Waals surface area (Å²) in [6.07, 6.45) is 5.42. The zero-order chi connectivity index (χ0) is 15.5. The van der Waals surface area contributed by atoms with Crippen molar-refractivity contribution < 1.29 is 0 Å². The van der Waals surface area contributed by atoms with E-state index in [0.717, 1.165) is 41.3 Å². The average Bonchev–Trinajstić information content (AvgIpc) is 2.56. The molecular weight excluding hydrogens is 332 g/mol. The number of halogens is 1. The Morgan fingerprint density at radius 2 is 1.18 bits per heavy atom. The molecule has 0 fully saturated rings. The van der Waals surface area contributed by atoms with E-state index in [2.05, 4.69) is 39.6 Å². The first-order valence-corrected chi connectivity index (χ1v) is 8.42. The van der Waals surface area contributed by atoms with Crippen LogP contribution in [0, 0.1) is 23.7 Å². The number of hydrogen-bond donors (Lipinski definition) is 0. The summed E-state index contributed by atoms with van der Waals surface area (Å²) < 4.78 is 1.09. The molecule has 110 valence electrons. The van der Waals surface area contributed by atoms with E-state index in [4.69, 9.17) is 0 Å². The van der Waals surface area contributed by atoms with Crippen LogP contribution in [-0.2, 0) is 0 Å². The zero-order valence-electron chi connectivity index (χ0n) is 12.6. The maximum absolute atomic E-state index is 3.42. The van der Waals surface area contributed by atoms with Gasteiger partial charge in [-0.25, -0.2) is 0 Å². The lowest BCUT2D eigenvalue weighted by atomic mass is 10.1. The van der Waals surface area contributed by atoms with E-state index < -0.39 is 0 Å². The van der Waals surface area contributed by atoms with Gasteiger partial charge in [0.25, 0.3) is 0 Å². The van der Waals surface area contributed by atoms with Gasteiger partial charge in [-0.1, -0.05) is 64.2 Å². The van der Waals surface area contributed by atoms with E-state index >= 15 is 0 Å². The second kappa shape index (κ2) is 9.88. The molecule has 2 aromatic rings. The highest BCUT2D eigenvalue weighted by Crippen LogP contribution is 2.09. The lowest BCUT2D eigenvalue weighted by Gasteiger charge is -1.93. The fourth-order valence-corrected chi connectivity index (χ4v) is 2.25. The van der Waals surface area contributed by atoms with Crippen molar-refractivity contribution in [3.05, 3.63) is 70.2 Å². The van der Waals surface area contributed by atoms with Gasteiger partial charge in [-0.15, -0.1) is 0 Å². The summed E-state index contributed by atoms with van der Waals surface area (Å²) >= 11 is 3.42. The molecule has 2 aromatic carbocycles. The third kappa shape index (κ3) is 6.66. The Balaban J connectivity index is 1.59. The van der Waals surface area contributed by atoms with Crippen molar-refractivity contribution >= 4 is 15.9 Å². The molecule has 0 heterocycles. The van der Waals surface area contributed by atoms with Crippen molar-refractivity contribution in [3.8, 4) is 23.7 Å². The molecule has 22 heavy (non-hydrogen) atoms. The van der Waals surface area contributed by atoms with E-state index in [1.54, 1.807) is 0 Å². The summed E-state index contributed by atoms with van der Waals surface area (Å²) in [6.45, 7) is 0. The van der Waals surface area contributed by atoms with E-state index in [0.29, 0.717) is 0 Å². The highest BCUT2D eigenvalue weighted by molar-refractivity contribution is 9.10. The van der Waals surface area contributed by atoms with Gasteiger partial charge in [0, 0.05) is 28.4 Å². The fourth-order valence-electron chi connectivity index (χ4n) is 1.99. The summed E-state index contributed by atoms with van der Waals surface area (Å²) in [5.41, 5.74) is 2.18. The van der Waals surface area contributed by atoms with Crippen LogP contribution >= 0.6 is 15.9 Å². The minimum absolute atomic E-state index is 0.960.